The van der Waals surface area contributed by atoms with Gasteiger partial charge < -0.3 is 19.7 Å². The Bertz CT molecular complexity index is 1130. The number of nitrogens with zero attached hydrogens (tertiary/aromatic N) is 2. The zero-order chi connectivity index (χ0) is 24.9. The Hall–Kier alpha value is -3.11. The number of carbonyl (C=O) groups excluding carboxylic acids is 2. The van der Waals surface area contributed by atoms with Crippen LogP contribution in [0.2, 0.25) is 0 Å². The maximum Gasteiger partial charge on any atom is 0.341 e. The molecule has 3 rings (SSSR count). The average molecular weight is 490 g/mol. The van der Waals surface area contributed by atoms with Crippen LogP contribution in [0.4, 0.5) is 11.4 Å². The molecule has 1 heterocycles. The van der Waals surface area contributed by atoms with Crippen LogP contribution in [0, 0.1) is 0 Å². The Morgan fingerprint density at radius 2 is 1.74 bits per heavy atom. The molecular formula is C24H31N3O6S. The number of benzene rings is 2. The quantitative estimate of drug-likeness (QED) is 0.540. The van der Waals surface area contributed by atoms with Crippen molar-refractivity contribution in [3.63, 3.8) is 0 Å². The van der Waals surface area contributed by atoms with Gasteiger partial charge in [0.2, 0.25) is 10.0 Å². The van der Waals surface area contributed by atoms with E-state index in [1.54, 1.807) is 30.3 Å². The van der Waals surface area contributed by atoms with Gasteiger partial charge in [-0.3, -0.25) is 4.79 Å². The number of amides is 1. The number of rotatable bonds is 9. The van der Waals surface area contributed by atoms with E-state index in [-0.39, 0.29) is 10.5 Å². The Morgan fingerprint density at radius 3 is 2.32 bits per heavy atom. The molecule has 1 aliphatic rings. The first-order valence-electron chi connectivity index (χ1n) is 11.2. The minimum atomic E-state index is -3.75. The summed E-state index contributed by atoms with van der Waals surface area (Å²) in [6.45, 7) is 5.40. The molecule has 0 bridgehead atoms. The summed E-state index contributed by atoms with van der Waals surface area (Å²) < 4.78 is 37.2. The van der Waals surface area contributed by atoms with Gasteiger partial charge in [-0.05, 0) is 69.2 Å². The van der Waals surface area contributed by atoms with Gasteiger partial charge in [-0.25, -0.2) is 17.5 Å². The highest BCUT2D eigenvalue weighted by Gasteiger charge is 2.27. The molecule has 1 atom stereocenters. The lowest BCUT2D eigenvalue weighted by Crippen LogP contribution is -2.31. The van der Waals surface area contributed by atoms with E-state index in [4.69, 9.17) is 9.47 Å². The topological polar surface area (TPSA) is 105 Å². The van der Waals surface area contributed by atoms with Gasteiger partial charge in [0, 0.05) is 32.9 Å². The first-order chi connectivity index (χ1) is 16.1. The number of esters is 1. The summed E-state index contributed by atoms with van der Waals surface area (Å²) in [5, 5.41) is 2.70. The fraction of sp³-hybridized carbons (Fsp3) is 0.417. The predicted molar refractivity (Wildman–Crippen MR) is 130 cm³/mol. The van der Waals surface area contributed by atoms with Gasteiger partial charge in [0.1, 0.15) is 5.75 Å². The van der Waals surface area contributed by atoms with Crippen molar-refractivity contribution in [2.24, 2.45) is 0 Å². The van der Waals surface area contributed by atoms with Gasteiger partial charge >= 0.3 is 5.97 Å². The molecule has 0 spiro atoms. The molecule has 34 heavy (non-hydrogen) atoms. The van der Waals surface area contributed by atoms with Crippen molar-refractivity contribution in [3.05, 3.63) is 48.0 Å². The smallest absolute Gasteiger partial charge is 0.341 e. The largest absolute Gasteiger partial charge is 0.494 e. The third-order valence-corrected chi connectivity index (χ3v) is 7.31. The maximum absolute atomic E-state index is 13.1. The maximum atomic E-state index is 13.1. The average Bonchev–Trinajstić information content (AvgIpc) is 3.34. The first kappa shape index (κ1) is 25.5. The van der Waals surface area contributed by atoms with Crippen LogP contribution in [0.1, 0.15) is 37.0 Å². The van der Waals surface area contributed by atoms with E-state index in [0.29, 0.717) is 23.7 Å². The Kier molecular flexibility index (Phi) is 8.16. The van der Waals surface area contributed by atoms with Crippen LogP contribution < -0.4 is 15.0 Å². The number of hydrogen-bond acceptors (Lipinski definition) is 7. The molecule has 1 amide bonds. The summed E-state index contributed by atoms with van der Waals surface area (Å²) in [6, 6.07) is 11.3. The summed E-state index contributed by atoms with van der Waals surface area (Å²) in [4.78, 5) is 27.7. The van der Waals surface area contributed by atoms with E-state index in [9.17, 15) is 18.0 Å². The molecule has 10 heteroatoms. The third kappa shape index (κ3) is 5.87. The lowest BCUT2D eigenvalue weighted by molar-refractivity contribution is -0.123. The van der Waals surface area contributed by atoms with Crippen molar-refractivity contribution in [2.75, 3.05) is 44.0 Å². The predicted octanol–water partition coefficient (Wildman–Crippen LogP) is 3.12. The lowest BCUT2D eigenvalue weighted by Gasteiger charge is -2.23. The monoisotopic (exact) mass is 489 g/mol. The van der Waals surface area contributed by atoms with Crippen molar-refractivity contribution in [2.45, 2.75) is 37.7 Å². The Labute approximate surface area is 200 Å². The van der Waals surface area contributed by atoms with E-state index in [2.05, 4.69) is 5.32 Å². The summed E-state index contributed by atoms with van der Waals surface area (Å²) in [6.07, 6.45) is 0.861. The fourth-order valence-electron chi connectivity index (χ4n) is 3.61. The second kappa shape index (κ2) is 10.9. The van der Waals surface area contributed by atoms with Gasteiger partial charge in [-0.2, -0.15) is 0 Å². The molecule has 0 aliphatic carbocycles. The third-order valence-electron chi connectivity index (χ3n) is 5.50. The van der Waals surface area contributed by atoms with Crippen molar-refractivity contribution in [3.8, 4) is 5.75 Å². The highest BCUT2D eigenvalue weighted by molar-refractivity contribution is 7.89. The van der Waals surface area contributed by atoms with Gasteiger partial charge in [0.25, 0.3) is 5.91 Å². The SMILES string of the molecule is CCOc1ccc(NC(=O)C(C)OC(=O)c2cc(S(=O)(=O)N(C)C)ccc2N2CCCC2)cc1. The van der Waals surface area contributed by atoms with Crippen LogP contribution in [0.15, 0.2) is 47.4 Å². The molecule has 184 valence electrons. The van der Waals surface area contributed by atoms with Crippen LogP contribution in [0.3, 0.4) is 0 Å². The molecule has 1 unspecified atom stereocenters. The van der Waals surface area contributed by atoms with Crippen molar-refractivity contribution in [1.29, 1.82) is 0 Å². The van der Waals surface area contributed by atoms with Crippen LogP contribution in [-0.4, -0.2) is 64.5 Å². The van der Waals surface area contributed by atoms with Crippen LogP contribution in [0.5, 0.6) is 5.75 Å². The second-order valence-electron chi connectivity index (χ2n) is 8.15. The Balaban J connectivity index is 1.79. The fourth-order valence-corrected chi connectivity index (χ4v) is 4.53. The number of sulfonamides is 1. The summed E-state index contributed by atoms with van der Waals surface area (Å²) in [5.74, 6) is -0.577. The highest BCUT2D eigenvalue weighted by atomic mass is 32.2. The molecule has 2 aromatic carbocycles. The normalized spacial score (nSPS) is 14.7. The zero-order valence-corrected chi connectivity index (χ0v) is 20.7. The molecule has 1 fully saturated rings. The van der Waals surface area contributed by atoms with E-state index >= 15 is 0 Å². The van der Waals surface area contributed by atoms with Gasteiger partial charge in [-0.1, -0.05) is 0 Å². The van der Waals surface area contributed by atoms with Crippen molar-refractivity contribution < 1.29 is 27.5 Å². The van der Waals surface area contributed by atoms with E-state index < -0.39 is 28.0 Å². The molecule has 1 aliphatic heterocycles. The number of ether oxygens (including phenoxy) is 2. The molecule has 9 nitrogen and oxygen atoms in total. The number of anilines is 2. The van der Waals surface area contributed by atoms with Crippen LogP contribution in [0.25, 0.3) is 0 Å². The minimum absolute atomic E-state index is 0.0149. The molecule has 1 saturated heterocycles. The van der Waals surface area contributed by atoms with Crippen LogP contribution >= 0.6 is 0 Å². The van der Waals surface area contributed by atoms with Crippen molar-refractivity contribution >= 4 is 33.3 Å². The minimum Gasteiger partial charge on any atom is -0.494 e. The van der Waals surface area contributed by atoms with Crippen LogP contribution in [-0.2, 0) is 19.6 Å². The molecule has 0 aromatic heterocycles. The standard InChI is InChI=1S/C24H31N3O6S/c1-5-32-19-10-8-18(9-11-19)25-23(28)17(2)33-24(29)21-16-20(34(30,31)26(3)4)12-13-22(21)27-14-6-7-15-27/h8-13,16-17H,5-7,14-15H2,1-4H3,(H,25,28). The van der Waals surface area contributed by atoms with Gasteiger partial charge in [-0.15, -0.1) is 0 Å². The van der Waals surface area contributed by atoms with E-state index in [1.807, 2.05) is 11.8 Å². The molecule has 2 aromatic rings. The van der Waals surface area contributed by atoms with Crippen molar-refractivity contribution in [1.82, 2.24) is 4.31 Å². The number of hydrogen-bond donors (Lipinski definition) is 1. The molecule has 0 radical (unpaired) electrons. The second-order valence-corrected chi connectivity index (χ2v) is 10.3. The molecular weight excluding hydrogens is 458 g/mol. The molecule has 0 saturated carbocycles. The highest BCUT2D eigenvalue weighted by Crippen LogP contribution is 2.29. The van der Waals surface area contributed by atoms with Gasteiger partial charge in [0.05, 0.1) is 22.8 Å². The first-order valence-corrected chi connectivity index (χ1v) is 12.6. The van der Waals surface area contributed by atoms with E-state index in [1.165, 1.54) is 33.2 Å². The van der Waals surface area contributed by atoms with E-state index in [0.717, 1.165) is 30.2 Å². The van der Waals surface area contributed by atoms with Gasteiger partial charge in [0.15, 0.2) is 6.10 Å². The summed E-state index contributed by atoms with van der Waals surface area (Å²) in [7, 11) is -0.898. The summed E-state index contributed by atoms with van der Waals surface area (Å²) >= 11 is 0. The summed E-state index contributed by atoms with van der Waals surface area (Å²) in [5.41, 5.74) is 1.25. The number of nitrogens with one attached hydrogen (secondary N) is 1. The zero-order valence-electron chi connectivity index (χ0n) is 19.9. The lowest BCUT2D eigenvalue weighted by atomic mass is 10.1. The Morgan fingerprint density at radius 1 is 1.09 bits per heavy atom. The number of carbonyl (C=O) groups is 2. The molecule has 1 N–H and O–H groups in total.